The van der Waals surface area contributed by atoms with Crippen LogP contribution in [0.25, 0.3) is 0 Å². The SMILES string of the molecule is CCC(C)NC(=O)C(C)N(Cc1ccc(Br)cc1)C(=O)CN(c1ccc(Cl)c(C(F)(F)F)c1)S(=O)(=O)c1ccc(C)cc1. The molecular weight excluding hydrogens is 671 g/mol. The Balaban J connectivity index is 2.11. The zero-order valence-corrected chi connectivity index (χ0v) is 27.1. The van der Waals surface area contributed by atoms with Gasteiger partial charge in [0.15, 0.2) is 0 Å². The molecule has 0 saturated heterocycles. The predicted octanol–water partition coefficient (Wildman–Crippen LogP) is 6.96. The number of anilines is 1. The maximum absolute atomic E-state index is 14.0. The van der Waals surface area contributed by atoms with Crippen LogP contribution < -0.4 is 9.62 Å². The van der Waals surface area contributed by atoms with Crippen molar-refractivity contribution in [2.24, 2.45) is 0 Å². The molecule has 43 heavy (non-hydrogen) atoms. The van der Waals surface area contributed by atoms with E-state index in [1.807, 2.05) is 6.92 Å². The molecule has 0 heterocycles. The maximum atomic E-state index is 14.0. The van der Waals surface area contributed by atoms with Crippen LogP contribution in [0.15, 0.2) is 76.1 Å². The first-order valence-corrected chi connectivity index (χ1v) is 16.0. The Hall–Kier alpha value is -3.09. The number of nitrogens with zero attached hydrogens (tertiary/aromatic N) is 2. The topological polar surface area (TPSA) is 86.8 Å². The number of carbonyl (C=O) groups excluding carboxylic acids is 2. The first-order valence-electron chi connectivity index (χ1n) is 13.3. The summed E-state index contributed by atoms with van der Waals surface area (Å²) in [5.74, 6) is -1.26. The van der Waals surface area contributed by atoms with Gasteiger partial charge in [-0.2, -0.15) is 13.2 Å². The summed E-state index contributed by atoms with van der Waals surface area (Å²) < 4.78 is 70.5. The molecule has 1 N–H and O–H groups in total. The van der Waals surface area contributed by atoms with Crippen LogP contribution in [0, 0.1) is 6.92 Å². The van der Waals surface area contributed by atoms with Gasteiger partial charge in [0.05, 0.1) is 21.2 Å². The smallest absolute Gasteiger partial charge is 0.352 e. The van der Waals surface area contributed by atoms with E-state index in [-0.39, 0.29) is 17.5 Å². The number of nitrogens with one attached hydrogen (secondary N) is 1. The predicted molar refractivity (Wildman–Crippen MR) is 164 cm³/mol. The molecule has 0 radical (unpaired) electrons. The van der Waals surface area contributed by atoms with Crippen LogP contribution in [0.3, 0.4) is 0 Å². The van der Waals surface area contributed by atoms with Crippen molar-refractivity contribution in [3.8, 4) is 0 Å². The van der Waals surface area contributed by atoms with E-state index in [0.29, 0.717) is 22.4 Å². The molecule has 0 fully saturated rings. The van der Waals surface area contributed by atoms with Crippen molar-refractivity contribution in [2.75, 3.05) is 10.8 Å². The highest BCUT2D eigenvalue weighted by Gasteiger charge is 2.37. The number of sulfonamides is 1. The largest absolute Gasteiger partial charge is 0.417 e. The van der Waals surface area contributed by atoms with Gasteiger partial charge in [0, 0.05) is 17.1 Å². The first-order chi connectivity index (χ1) is 20.0. The Morgan fingerprint density at radius 1 is 1.00 bits per heavy atom. The van der Waals surface area contributed by atoms with Crippen LogP contribution in [-0.2, 0) is 32.3 Å². The van der Waals surface area contributed by atoms with Crippen LogP contribution in [0.4, 0.5) is 18.9 Å². The minimum absolute atomic E-state index is 0.0615. The van der Waals surface area contributed by atoms with Crippen molar-refractivity contribution in [3.05, 3.63) is 92.9 Å². The lowest BCUT2D eigenvalue weighted by atomic mass is 10.1. The summed E-state index contributed by atoms with van der Waals surface area (Å²) >= 11 is 9.16. The van der Waals surface area contributed by atoms with Gasteiger partial charge < -0.3 is 10.2 Å². The average Bonchev–Trinajstić information content (AvgIpc) is 2.95. The summed E-state index contributed by atoms with van der Waals surface area (Å²) in [5.41, 5.74) is -0.255. The quantitative estimate of drug-likeness (QED) is 0.234. The number of carbonyl (C=O) groups is 2. The number of hydrogen-bond donors (Lipinski definition) is 1. The molecule has 13 heteroatoms. The molecule has 0 bridgehead atoms. The fourth-order valence-electron chi connectivity index (χ4n) is 4.09. The number of alkyl halides is 3. The Morgan fingerprint density at radius 2 is 1.60 bits per heavy atom. The molecule has 3 aromatic carbocycles. The molecule has 232 valence electrons. The highest BCUT2D eigenvalue weighted by molar-refractivity contribution is 9.10. The lowest BCUT2D eigenvalue weighted by molar-refractivity contribution is -0.139. The molecule has 0 aliphatic carbocycles. The van der Waals surface area contributed by atoms with Crippen molar-refractivity contribution >= 4 is 55.1 Å². The molecule has 0 aliphatic heterocycles. The van der Waals surface area contributed by atoms with Crippen molar-refractivity contribution in [3.63, 3.8) is 0 Å². The number of aryl methyl sites for hydroxylation is 1. The Morgan fingerprint density at radius 3 is 2.16 bits per heavy atom. The van der Waals surface area contributed by atoms with E-state index in [1.165, 1.54) is 36.1 Å². The molecule has 7 nitrogen and oxygen atoms in total. The van der Waals surface area contributed by atoms with Gasteiger partial charge in [-0.3, -0.25) is 13.9 Å². The van der Waals surface area contributed by atoms with Gasteiger partial charge in [-0.1, -0.05) is 64.3 Å². The normalized spacial score (nSPS) is 13.2. The van der Waals surface area contributed by atoms with E-state index in [2.05, 4.69) is 21.2 Å². The summed E-state index contributed by atoms with van der Waals surface area (Å²) in [6.45, 7) is 6.01. The molecule has 0 aliphatic rings. The zero-order valence-electron chi connectivity index (χ0n) is 24.0. The van der Waals surface area contributed by atoms with Gasteiger partial charge in [-0.25, -0.2) is 8.42 Å². The Bertz CT molecular complexity index is 1550. The number of amides is 2. The lowest BCUT2D eigenvalue weighted by Crippen LogP contribution is -2.52. The van der Waals surface area contributed by atoms with Gasteiger partial charge in [-0.05, 0) is 75.2 Å². The van der Waals surface area contributed by atoms with Gasteiger partial charge in [0.25, 0.3) is 10.0 Å². The molecule has 2 atom stereocenters. The van der Waals surface area contributed by atoms with E-state index in [9.17, 15) is 31.2 Å². The van der Waals surface area contributed by atoms with Gasteiger partial charge >= 0.3 is 6.18 Å². The van der Waals surface area contributed by atoms with Crippen molar-refractivity contribution in [1.82, 2.24) is 10.2 Å². The van der Waals surface area contributed by atoms with E-state index in [0.717, 1.165) is 22.2 Å². The second-order valence-electron chi connectivity index (χ2n) is 10.1. The fraction of sp³-hybridized carbons (Fsp3) is 0.333. The summed E-state index contributed by atoms with van der Waals surface area (Å²) in [4.78, 5) is 28.1. The summed E-state index contributed by atoms with van der Waals surface area (Å²) in [6.07, 6.45) is -4.24. The van der Waals surface area contributed by atoms with E-state index in [4.69, 9.17) is 11.6 Å². The maximum Gasteiger partial charge on any atom is 0.417 e. The number of rotatable bonds is 11. The number of halogens is 5. The fourth-order valence-corrected chi connectivity index (χ4v) is 5.98. The molecule has 2 unspecified atom stereocenters. The second kappa shape index (κ2) is 14.1. The van der Waals surface area contributed by atoms with Crippen molar-refractivity contribution in [1.29, 1.82) is 0 Å². The average molecular weight is 703 g/mol. The van der Waals surface area contributed by atoms with Crippen LogP contribution in [0.5, 0.6) is 0 Å². The number of benzene rings is 3. The third-order valence-electron chi connectivity index (χ3n) is 6.87. The van der Waals surface area contributed by atoms with Gasteiger partial charge in [0.2, 0.25) is 11.8 Å². The molecule has 2 amide bonds. The third-order valence-corrected chi connectivity index (χ3v) is 9.51. The van der Waals surface area contributed by atoms with Gasteiger partial charge in [0.1, 0.15) is 12.6 Å². The minimum Gasteiger partial charge on any atom is -0.352 e. The first kappa shape index (κ1) is 34.4. The van der Waals surface area contributed by atoms with Crippen LogP contribution >= 0.6 is 27.5 Å². The van der Waals surface area contributed by atoms with E-state index < -0.39 is 56.9 Å². The van der Waals surface area contributed by atoms with E-state index >= 15 is 0 Å². The number of hydrogen-bond acceptors (Lipinski definition) is 4. The molecule has 0 saturated carbocycles. The summed E-state index contributed by atoms with van der Waals surface area (Å²) in [7, 11) is -4.55. The Labute approximate surface area is 263 Å². The lowest BCUT2D eigenvalue weighted by Gasteiger charge is -2.32. The molecular formula is C30H32BrClF3N3O4S. The molecule has 3 rings (SSSR count). The van der Waals surface area contributed by atoms with E-state index in [1.54, 1.807) is 38.1 Å². The molecule has 3 aromatic rings. The second-order valence-corrected chi connectivity index (χ2v) is 13.3. The zero-order chi connectivity index (χ0) is 32.1. The van der Waals surface area contributed by atoms with Crippen LogP contribution in [0.2, 0.25) is 5.02 Å². The van der Waals surface area contributed by atoms with Crippen LogP contribution in [-0.4, -0.2) is 43.8 Å². The van der Waals surface area contributed by atoms with Gasteiger partial charge in [-0.15, -0.1) is 0 Å². The molecule has 0 spiro atoms. The summed E-state index contributed by atoms with van der Waals surface area (Å²) in [6, 6.07) is 14.1. The third kappa shape index (κ3) is 8.73. The van der Waals surface area contributed by atoms with Crippen LogP contribution in [0.1, 0.15) is 43.9 Å². The van der Waals surface area contributed by atoms with Crippen molar-refractivity contribution in [2.45, 2.75) is 63.8 Å². The highest BCUT2D eigenvalue weighted by Crippen LogP contribution is 2.38. The Kier molecular flexibility index (Phi) is 11.3. The molecule has 0 aromatic heterocycles. The van der Waals surface area contributed by atoms with Crippen molar-refractivity contribution < 1.29 is 31.2 Å². The highest BCUT2D eigenvalue weighted by atomic mass is 79.9. The monoisotopic (exact) mass is 701 g/mol. The summed E-state index contributed by atoms with van der Waals surface area (Å²) in [5, 5.41) is 2.20. The standard InChI is InChI=1S/C30H32BrClF3N3O4S/c1-5-20(3)36-29(40)21(4)37(17-22-8-10-23(31)11-9-22)28(39)18-38(43(41,42)25-13-6-19(2)7-14-25)24-12-15-27(32)26(16-24)30(33,34)35/h6-16,20-21H,5,17-18H2,1-4H3,(H,36,40). The minimum atomic E-state index is -4.88.